The Morgan fingerprint density at radius 1 is 1.35 bits per heavy atom. The van der Waals surface area contributed by atoms with E-state index in [2.05, 4.69) is 5.32 Å². The molecular formula is C12H15FN2O2. The van der Waals surface area contributed by atoms with Gasteiger partial charge in [0.25, 0.3) is 0 Å². The lowest BCUT2D eigenvalue weighted by Crippen LogP contribution is -2.12. The molecule has 0 radical (unpaired) electrons. The van der Waals surface area contributed by atoms with Crippen molar-refractivity contribution < 1.29 is 13.9 Å². The molecular weight excluding hydrogens is 223 g/mol. The molecule has 4 nitrogen and oxygen atoms in total. The van der Waals surface area contributed by atoms with Crippen LogP contribution >= 0.6 is 0 Å². The standard InChI is InChI=1S/C12H15FN2O2/c1-16-6-7-17-5-4-15-12-3-2-11(13)8-10(12)9-14/h2-3,8,15H,4-7H2,1H3. The molecule has 0 aromatic heterocycles. The van der Waals surface area contributed by atoms with Gasteiger partial charge >= 0.3 is 0 Å². The zero-order chi connectivity index (χ0) is 12.5. The van der Waals surface area contributed by atoms with Crippen LogP contribution < -0.4 is 5.32 Å². The number of methoxy groups -OCH3 is 1. The average Bonchev–Trinajstić information content (AvgIpc) is 2.35. The quantitative estimate of drug-likeness (QED) is 0.735. The van der Waals surface area contributed by atoms with Gasteiger partial charge in [0.2, 0.25) is 0 Å². The Bertz CT molecular complexity index is 391. The fourth-order valence-corrected chi connectivity index (χ4v) is 1.27. The summed E-state index contributed by atoms with van der Waals surface area (Å²) in [5.41, 5.74) is 0.908. The lowest BCUT2D eigenvalue weighted by molar-refractivity contribution is 0.0759. The van der Waals surface area contributed by atoms with Gasteiger partial charge in [0, 0.05) is 13.7 Å². The van der Waals surface area contributed by atoms with Crippen LogP contribution in [0.25, 0.3) is 0 Å². The highest BCUT2D eigenvalue weighted by Gasteiger charge is 2.02. The second kappa shape index (κ2) is 7.60. The van der Waals surface area contributed by atoms with Crippen LogP contribution in [0.2, 0.25) is 0 Å². The van der Waals surface area contributed by atoms with Crippen molar-refractivity contribution in [3.05, 3.63) is 29.6 Å². The van der Waals surface area contributed by atoms with Crippen molar-refractivity contribution in [1.29, 1.82) is 5.26 Å². The molecule has 0 aliphatic heterocycles. The molecule has 92 valence electrons. The smallest absolute Gasteiger partial charge is 0.124 e. The maximum absolute atomic E-state index is 12.8. The van der Waals surface area contributed by atoms with Gasteiger partial charge in [-0.3, -0.25) is 0 Å². The highest BCUT2D eigenvalue weighted by atomic mass is 19.1. The Balaban J connectivity index is 2.34. The van der Waals surface area contributed by atoms with Crippen LogP contribution in [0.1, 0.15) is 5.56 Å². The first kappa shape index (κ1) is 13.4. The first-order valence-corrected chi connectivity index (χ1v) is 5.28. The van der Waals surface area contributed by atoms with Crippen LogP contribution in [0.4, 0.5) is 10.1 Å². The molecule has 0 saturated heterocycles. The summed E-state index contributed by atoms with van der Waals surface area (Å²) < 4.78 is 22.9. The molecule has 0 aliphatic carbocycles. The van der Waals surface area contributed by atoms with E-state index in [4.69, 9.17) is 14.7 Å². The molecule has 0 aliphatic rings. The highest BCUT2D eigenvalue weighted by molar-refractivity contribution is 5.57. The van der Waals surface area contributed by atoms with Gasteiger partial charge < -0.3 is 14.8 Å². The van der Waals surface area contributed by atoms with Gasteiger partial charge in [0.15, 0.2) is 0 Å². The average molecular weight is 238 g/mol. The maximum atomic E-state index is 12.8. The lowest BCUT2D eigenvalue weighted by Gasteiger charge is -2.08. The van der Waals surface area contributed by atoms with E-state index < -0.39 is 5.82 Å². The summed E-state index contributed by atoms with van der Waals surface area (Å²) in [6, 6.07) is 6.00. The van der Waals surface area contributed by atoms with Gasteiger partial charge in [-0.2, -0.15) is 5.26 Å². The van der Waals surface area contributed by atoms with Crippen molar-refractivity contribution >= 4 is 5.69 Å². The Kier molecular flexibility index (Phi) is 6.00. The molecule has 0 bridgehead atoms. The van der Waals surface area contributed by atoms with Gasteiger partial charge in [-0.25, -0.2) is 4.39 Å². The van der Waals surface area contributed by atoms with E-state index in [1.165, 1.54) is 12.1 Å². The number of anilines is 1. The number of ether oxygens (including phenoxy) is 2. The van der Waals surface area contributed by atoms with E-state index in [1.54, 1.807) is 13.2 Å². The minimum atomic E-state index is -0.413. The van der Waals surface area contributed by atoms with Gasteiger partial charge in [-0.15, -0.1) is 0 Å². The molecule has 1 aromatic rings. The lowest BCUT2D eigenvalue weighted by atomic mass is 10.2. The van der Waals surface area contributed by atoms with Crippen LogP contribution in [0.5, 0.6) is 0 Å². The Hall–Kier alpha value is -1.64. The van der Waals surface area contributed by atoms with Crippen molar-refractivity contribution in [2.45, 2.75) is 0 Å². The number of halogens is 1. The second-order valence-electron chi connectivity index (χ2n) is 3.33. The Morgan fingerprint density at radius 3 is 2.88 bits per heavy atom. The molecule has 0 unspecified atom stereocenters. The van der Waals surface area contributed by atoms with Gasteiger partial charge in [0.05, 0.1) is 31.1 Å². The SMILES string of the molecule is COCCOCCNc1ccc(F)cc1C#N. The molecule has 5 heteroatoms. The Morgan fingerprint density at radius 2 is 2.18 bits per heavy atom. The largest absolute Gasteiger partial charge is 0.382 e. The van der Waals surface area contributed by atoms with Crippen LogP contribution in [-0.2, 0) is 9.47 Å². The number of rotatable bonds is 7. The summed E-state index contributed by atoms with van der Waals surface area (Å²) >= 11 is 0. The molecule has 0 atom stereocenters. The molecule has 17 heavy (non-hydrogen) atoms. The minimum Gasteiger partial charge on any atom is -0.382 e. The summed E-state index contributed by atoms with van der Waals surface area (Å²) in [6.07, 6.45) is 0. The normalized spacial score (nSPS) is 9.94. The van der Waals surface area contributed by atoms with Gasteiger partial charge in [0.1, 0.15) is 11.9 Å². The third-order valence-corrected chi connectivity index (χ3v) is 2.10. The minimum absolute atomic E-state index is 0.293. The zero-order valence-electron chi connectivity index (χ0n) is 9.70. The first-order valence-electron chi connectivity index (χ1n) is 5.28. The number of nitrogens with zero attached hydrogens (tertiary/aromatic N) is 1. The predicted octanol–water partition coefficient (Wildman–Crippen LogP) is 1.77. The highest BCUT2D eigenvalue weighted by Crippen LogP contribution is 2.15. The summed E-state index contributed by atoms with van der Waals surface area (Å²) in [4.78, 5) is 0. The number of nitrogens with one attached hydrogen (secondary N) is 1. The second-order valence-corrected chi connectivity index (χ2v) is 3.33. The van der Waals surface area contributed by atoms with E-state index in [0.29, 0.717) is 37.6 Å². The van der Waals surface area contributed by atoms with Gasteiger partial charge in [-0.05, 0) is 18.2 Å². The van der Waals surface area contributed by atoms with Crippen molar-refractivity contribution in [2.24, 2.45) is 0 Å². The van der Waals surface area contributed by atoms with Crippen molar-refractivity contribution in [2.75, 3.05) is 38.8 Å². The van der Waals surface area contributed by atoms with E-state index >= 15 is 0 Å². The summed E-state index contributed by atoms with van der Waals surface area (Å²) in [7, 11) is 1.61. The predicted molar refractivity (Wildman–Crippen MR) is 62.3 cm³/mol. The third kappa shape index (κ3) is 4.81. The number of hydrogen-bond acceptors (Lipinski definition) is 4. The molecule has 0 amide bonds. The molecule has 0 spiro atoms. The van der Waals surface area contributed by atoms with E-state index in [0.717, 1.165) is 0 Å². The molecule has 0 heterocycles. The van der Waals surface area contributed by atoms with E-state index in [1.807, 2.05) is 6.07 Å². The number of hydrogen-bond donors (Lipinski definition) is 1. The van der Waals surface area contributed by atoms with E-state index in [9.17, 15) is 4.39 Å². The fourth-order valence-electron chi connectivity index (χ4n) is 1.27. The van der Waals surface area contributed by atoms with Crippen molar-refractivity contribution in [1.82, 2.24) is 0 Å². The summed E-state index contributed by atoms with van der Waals surface area (Å²) in [6.45, 7) is 2.16. The maximum Gasteiger partial charge on any atom is 0.124 e. The van der Waals surface area contributed by atoms with Crippen LogP contribution in [0.15, 0.2) is 18.2 Å². The summed E-state index contributed by atoms with van der Waals surface area (Å²) in [5, 5.41) is 11.8. The third-order valence-electron chi connectivity index (χ3n) is 2.10. The molecule has 0 fully saturated rings. The summed E-state index contributed by atoms with van der Waals surface area (Å²) in [5.74, 6) is -0.413. The Labute approximate surface area is 100.0 Å². The molecule has 0 saturated carbocycles. The molecule has 1 N–H and O–H groups in total. The molecule has 1 rings (SSSR count). The van der Waals surface area contributed by atoms with Crippen molar-refractivity contribution in [3.63, 3.8) is 0 Å². The van der Waals surface area contributed by atoms with E-state index in [-0.39, 0.29) is 0 Å². The number of benzene rings is 1. The van der Waals surface area contributed by atoms with Crippen LogP contribution in [0, 0.1) is 17.1 Å². The zero-order valence-corrected chi connectivity index (χ0v) is 9.70. The van der Waals surface area contributed by atoms with Crippen LogP contribution in [-0.4, -0.2) is 33.5 Å². The van der Waals surface area contributed by atoms with Crippen molar-refractivity contribution in [3.8, 4) is 6.07 Å². The topological polar surface area (TPSA) is 54.3 Å². The van der Waals surface area contributed by atoms with Gasteiger partial charge in [-0.1, -0.05) is 0 Å². The monoisotopic (exact) mass is 238 g/mol. The van der Waals surface area contributed by atoms with Crippen LogP contribution in [0.3, 0.4) is 0 Å². The molecule has 1 aromatic carbocycles. The number of nitriles is 1. The first-order chi connectivity index (χ1) is 8.27. The fraction of sp³-hybridized carbons (Fsp3) is 0.417.